The highest BCUT2D eigenvalue weighted by atomic mass is 16.5. The van der Waals surface area contributed by atoms with Crippen molar-refractivity contribution in [2.24, 2.45) is 5.73 Å². The Labute approximate surface area is 642 Å². The third-order valence-corrected chi connectivity index (χ3v) is 19.4. The Kier molecular flexibility index (Phi) is 28.0. The van der Waals surface area contributed by atoms with Crippen molar-refractivity contribution in [1.29, 1.82) is 0 Å². The zero-order valence-corrected chi connectivity index (χ0v) is 62.6. The van der Waals surface area contributed by atoms with E-state index in [1.807, 2.05) is 245 Å². The lowest BCUT2D eigenvalue weighted by molar-refractivity contribution is -0.151. The average Bonchev–Trinajstić information content (AvgIpc) is 0.820. The van der Waals surface area contributed by atoms with Crippen molar-refractivity contribution in [3.05, 3.63) is 301 Å². The van der Waals surface area contributed by atoms with Crippen molar-refractivity contribution in [2.45, 2.75) is 64.8 Å². The summed E-state index contributed by atoms with van der Waals surface area (Å²) in [6.45, 7) is 8.28. The van der Waals surface area contributed by atoms with Gasteiger partial charge in [-0.2, -0.15) is 0 Å². The van der Waals surface area contributed by atoms with Gasteiger partial charge in [0.25, 0.3) is 0 Å². The lowest BCUT2D eigenvalue weighted by atomic mass is 10.0. The van der Waals surface area contributed by atoms with Crippen molar-refractivity contribution >= 4 is 35.4 Å². The van der Waals surface area contributed by atoms with Crippen LogP contribution in [0.5, 0.6) is 11.5 Å². The minimum atomic E-state index is -0.789. The van der Waals surface area contributed by atoms with Gasteiger partial charge in [0.2, 0.25) is 35.4 Å². The molecule has 11 aromatic rings. The van der Waals surface area contributed by atoms with E-state index >= 15 is 19.2 Å². The Balaban J connectivity index is 0.837. The van der Waals surface area contributed by atoms with Crippen LogP contribution in [0.15, 0.2) is 274 Å². The number of benzene rings is 5. The number of ether oxygens (including phenoxy) is 2. The van der Waals surface area contributed by atoms with E-state index in [2.05, 4.69) is 37.1 Å². The van der Waals surface area contributed by atoms with E-state index in [1.165, 1.54) is 19.6 Å². The summed E-state index contributed by atoms with van der Waals surface area (Å²) in [5.74, 6) is -2.41. The normalized spacial score (nSPS) is 12.5. The summed E-state index contributed by atoms with van der Waals surface area (Å²) < 4.78 is 12.7. The van der Waals surface area contributed by atoms with Crippen LogP contribution in [0.3, 0.4) is 0 Å². The Bertz CT molecular complexity index is 4650. The summed E-state index contributed by atoms with van der Waals surface area (Å²) >= 11 is 0. The fraction of sp³-hybridized carbons (Fsp3) is 0.250. The molecule has 0 bridgehead atoms. The molecule has 0 fully saturated rings. The third-order valence-electron chi connectivity index (χ3n) is 19.4. The first-order valence-electron chi connectivity index (χ1n) is 36.9. The number of nitrogens with two attached hydrogens (primary N) is 1. The summed E-state index contributed by atoms with van der Waals surface area (Å²) in [5, 5.41) is 3.53. The van der Waals surface area contributed by atoms with E-state index in [1.54, 1.807) is 60.9 Å². The van der Waals surface area contributed by atoms with Crippen LogP contribution in [0.25, 0.3) is 45.6 Å². The highest BCUT2D eigenvalue weighted by molar-refractivity contribution is 5.93. The number of nitrogens with one attached hydrogen (secondary N) is 1. The SMILES string of the molecule is C[C@@H](c1ccccc1)N(CCNCCOc1cc(-c2ccccn2)nc(-c2ccccn2)c1)CC(=O)N(CC(=O)N(CC(=O)N(CC(=O)N(CC(=O)N(CCOc1cc(-c2ccccn2)nc(-c2ccccn2)c1)CC(N)=O)[C@@H](C)c1ccccc1)[C@@H](C)c1ccccc1)[C@@H](C)c1ccccc1)[C@@H](C)c1ccccc1. The highest BCUT2D eigenvalue weighted by Gasteiger charge is 2.36. The van der Waals surface area contributed by atoms with Gasteiger partial charge in [-0.1, -0.05) is 176 Å². The molecule has 6 aromatic heterocycles. The van der Waals surface area contributed by atoms with Crippen LogP contribution in [-0.4, -0.2) is 173 Å². The van der Waals surface area contributed by atoms with Crippen LogP contribution in [-0.2, 0) is 28.8 Å². The molecule has 0 saturated carbocycles. The maximum Gasteiger partial charge on any atom is 0.243 e. The molecule has 0 aliphatic rings. The monoisotopic (exact) mass is 1470 g/mol. The number of rotatable bonds is 37. The fourth-order valence-electron chi connectivity index (χ4n) is 13.1. The minimum absolute atomic E-state index is 0.0812. The highest BCUT2D eigenvalue weighted by Crippen LogP contribution is 2.32. The zero-order valence-electron chi connectivity index (χ0n) is 62.6. The maximum absolute atomic E-state index is 15.9. The predicted octanol–water partition coefficient (Wildman–Crippen LogP) is 12.5. The summed E-state index contributed by atoms with van der Waals surface area (Å²) in [6.07, 6.45) is 6.77. The molecule has 5 atom stereocenters. The number of amides is 6. The van der Waals surface area contributed by atoms with E-state index < -0.39 is 86.4 Å². The Morgan fingerprint density at radius 1 is 0.327 bits per heavy atom. The number of primary amides is 1. The molecule has 0 aliphatic heterocycles. The molecule has 0 spiro atoms. The molecule has 5 aromatic carbocycles. The number of hydrogen-bond acceptors (Lipinski definition) is 16. The van der Waals surface area contributed by atoms with Gasteiger partial charge < -0.3 is 45.0 Å². The van der Waals surface area contributed by atoms with Gasteiger partial charge in [-0.15, -0.1) is 0 Å². The molecule has 6 heterocycles. The molecule has 562 valence electrons. The molecule has 22 heteroatoms. The van der Waals surface area contributed by atoms with E-state index in [-0.39, 0.29) is 31.6 Å². The first-order chi connectivity index (χ1) is 53.5. The number of nitrogens with zero attached hydrogens (tertiary/aromatic N) is 12. The van der Waals surface area contributed by atoms with Crippen LogP contribution < -0.4 is 20.5 Å². The van der Waals surface area contributed by atoms with Crippen LogP contribution >= 0.6 is 0 Å². The van der Waals surface area contributed by atoms with Crippen molar-refractivity contribution in [3.63, 3.8) is 0 Å². The van der Waals surface area contributed by atoms with Gasteiger partial charge in [-0.05, 0) is 111 Å². The van der Waals surface area contributed by atoms with E-state index in [0.29, 0.717) is 94.4 Å². The lowest BCUT2D eigenvalue weighted by Gasteiger charge is -2.38. The van der Waals surface area contributed by atoms with Crippen molar-refractivity contribution in [3.8, 4) is 57.1 Å². The quantitative estimate of drug-likeness (QED) is 0.0343. The van der Waals surface area contributed by atoms with E-state index in [9.17, 15) is 9.59 Å². The average molecular weight is 1470 g/mol. The zero-order chi connectivity index (χ0) is 77.1. The molecular formula is C88H92N14O8. The smallest absolute Gasteiger partial charge is 0.243 e. The Morgan fingerprint density at radius 2 is 0.618 bits per heavy atom. The molecule has 0 aliphatic carbocycles. The summed E-state index contributed by atoms with van der Waals surface area (Å²) in [5.41, 5.74) is 14.7. The largest absolute Gasteiger partial charge is 0.492 e. The molecule has 0 unspecified atom stereocenters. The van der Waals surface area contributed by atoms with Gasteiger partial charge in [-0.25, -0.2) is 9.97 Å². The van der Waals surface area contributed by atoms with E-state index in [4.69, 9.17) is 25.2 Å². The fourth-order valence-corrected chi connectivity index (χ4v) is 13.1. The van der Waals surface area contributed by atoms with E-state index in [0.717, 1.165) is 16.7 Å². The molecule has 0 radical (unpaired) electrons. The second kappa shape index (κ2) is 39.3. The molecule has 110 heavy (non-hydrogen) atoms. The summed E-state index contributed by atoms with van der Waals surface area (Å²) in [6, 6.07) is 73.6. The second-order valence-corrected chi connectivity index (χ2v) is 26.7. The minimum Gasteiger partial charge on any atom is -0.492 e. The van der Waals surface area contributed by atoms with Crippen LogP contribution in [0.1, 0.15) is 92.6 Å². The van der Waals surface area contributed by atoms with Crippen molar-refractivity contribution in [2.75, 3.05) is 78.7 Å². The predicted molar refractivity (Wildman–Crippen MR) is 424 cm³/mol. The molecule has 11 rings (SSSR count). The van der Waals surface area contributed by atoms with Gasteiger partial charge in [0, 0.05) is 74.7 Å². The van der Waals surface area contributed by atoms with Gasteiger partial charge in [0.1, 0.15) is 50.9 Å². The Morgan fingerprint density at radius 3 is 0.927 bits per heavy atom. The van der Waals surface area contributed by atoms with Crippen molar-refractivity contribution < 1.29 is 38.2 Å². The molecule has 0 saturated heterocycles. The first-order valence-corrected chi connectivity index (χ1v) is 36.9. The van der Waals surface area contributed by atoms with Gasteiger partial charge in [0.15, 0.2) is 0 Å². The van der Waals surface area contributed by atoms with Gasteiger partial charge >= 0.3 is 0 Å². The molecule has 3 N–H and O–H groups in total. The number of aromatic nitrogens is 6. The summed E-state index contributed by atoms with van der Waals surface area (Å²) in [4.78, 5) is 128. The Hall–Kier alpha value is -12.7. The second-order valence-electron chi connectivity index (χ2n) is 26.7. The lowest BCUT2D eigenvalue weighted by Crippen LogP contribution is -2.53. The van der Waals surface area contributed by atoms with Crippen LogP contribution in [0.2, 0.25) is 0 Å². The first kappa shape index (κ1) is 78.4. The van der Waals surface area contributed by atoms with Gasteiger partial charge in [0.05, 0.1) is 89.4 Å². The van der Waals surface area contributed by atoms with Crippen LogP contribution in [0.4, 0.5) is 0 Å². The number of hydrogen-bond donors (Lipinski definition) is 2. The molecule has 6 amide bonds. The van der Waals surface area contributed by atoms with Crippen LogP contribution in [0, 0.1) is 0 Å². The maximum atomic E-state index is 15.9. The van der Waals surface area contributed by atoms with Crippen molar-refractivity contribution in [1.82, 2.24) is 64.6 Å². The standard InChI is InChI=1S/C88H92N14O8/c1-63(68-29-11-6-12-30-68)97(49-47-90-48-51-109-73-53-79(75-39-21-25-43-91-75)95-80(54-73)76-40-22-26-44-92-76)58-85(105)100(65(3)70-33-15-8-16-34-70)60-87(107)102(67(5)72-37-19-10-20-38-72)62-88(108)101(66(4)71-35-17-9-18-36-71)61-86(106)99(64(2)69-31-13-7-14-32-69)59-84(104)98(57-83(89)103)50-52-110-74-55-81(77-41-23-27-45-93-77)96-82(56-74)78-42-24-28-46-94-78/h6-46,53-56,63-67,90H,47-52,57-62H2,1-5H3,(H2,89,103)/t63-,64-,65-,66-,67-/m0/s1. The molecular weight excluding hydrogens is 1380 g/mol. The number of pyridine rings is 6. The summed E-state index contributed by atoms with van der Waals surface area (Å²) in [7, 11) is 0. The van der Waals surface area contributed by atoms with Gasteiger partial charge in [-0.3, -0.25) is 53.6 Å². The topological polar surface area (TPSA) is 256 Å². The number of carbonyl (C=O) groups is 6. The molecule has 22 nitrogen and oxygen atoms in total. The third kappa shape index (κ3) is 21.6. The number of carbonyl (C=O) groups excluding carboxylic acids is 6.